The number of likely N-dealkylation sites (tertiary alicyclic amines) is 1. The lowest BCUT2D eigenvalue weighted by molar-refractivity contribution is 0.124. The summed E-state index contributed by atoms with van der Waals surface area (Å²) in [6, 6.07) is 0.638. The molecular formula is C11H20N2O2. The molecule has 86 valence electrons. The second-order valence-corrected chi connectivity index (χ2v) is 4.89. The maximum Gasteiger partial charge on any atom is 0.407 e. The minimum Gasteiger partial charge on any atom is -0.444 e. The minimum absolute atomic E-state index is 0.106. The molecule has 0 spiro atoms. The lowest BCUT2D eigenvalue weighted by Gasteiger charge is -2.20. The van der Waals surface area contributed by atoms with Crippen LogP contribution in [-0.2, 0) is 4.74 Å². The number of rotatable bonds is 3. The Morgan fingerprint density at radius 3 is 2.93 bits per heavy atom. The first-order chi connectivity index (χ1) is 7.15. The average molecular weight is 212 g/mol. The van der Waals surface area contributed by atoms with Gasteiger partial charge in [-0.05, 0) is 39.2 Å². The molecule has 2 aliphatic rings. The first-order valence-corrected chi connectivity index (χ1v) is 5.83. The maximum atomic E-state index is 10.9. The molecule has 2 atom stereocenters. The summed E-state index contributed by atoms with van der Waals surface area (Å²) in [7, 11) is 0. The number of cyclic esters (lactones) is 1. The van der Waals surface area contributed by atoms with Crippen molar-refractivity contribution in [1.29, 1.82) is 0 Å². The Morgan fingerprint density at radius 1 is 1.60 bits per heavy atom. The smallest absolute Gasteiger partial charge is 0.407 e. The molecule has 2 saturated heterocycles. The monoisotopic (exact) mass is 212 g/mol. The fraction of sp³-hybridized carbons (Fsp3) is 0.909. The summed E-state index contributed by atoms with van der Waals surface area (Å²) in [6.07, 6.45) is 2.11. The van der Waals surface area contributed by atoms with E-state index in [0.717, 1.165) is 13.0 Å². The highest BCUT2D eigenvalue weighted by Crippen LogP contribution is 2.24. The molecule has 4 heteroatoms. The fourth-order valence-electron chi connectivity index (χ4n) is 2.46. The first kappa shape index (κ1) is 10.7. The highest BCUT2D eigenvalue weighted by Gasteiger charge is 2.30. The lowest BCUT2D eigenvalue weighted by atomic mass is 10.0. The molecule has 2 aliphatic heterocycles. The number of carbonyl (C=O) groups is 1. The van der Waals surface area contributed by atoms with E-state index in [2.05, 4.69) is 24.1 Å². The third-order valence-corrected chi connectivity index (χ3v) is 3.39. The van der Waals surface area contributed by atoms with Gasteiger partial charge in [-0.1, -0.05) is 0 Å². The van der Waals surface area contributed by atoms with Crippen molar-refractivity contribution in [1.82, 2.24) is 10.2 Å². The number of nitrogens with zero attached hydrogens (tertiary/aromatic N) is 1. The number of nitrogens with one attached hydrogen (secondary N) is 1. The van der Waals surface area contributed by atoms with E-state index in [9.17, 15) is 4.79 Å². The van der Waals surface area contributed by atoms with Gasteiger partial charge in [0.15, 0.2) is 0 Å². The number of carbonyl (C=O) groups excluding carboxylic acids is 1. The zero-order chi connectivity index (χ0) is 10.8. The van der Waals surface area contributed by atoms with Gasteiger partial charge in [-0.25, -0.2) is 4.79 Å². The molecule has 0 saturated carbocycles. The van der Waals surface area contributed by atoms with Gasteiger partial charge in [0.2, 0.25) is 0 Å². The molecule has 2 fully saturated rings. The molecular weight excluding hydrogens is 192 g/mol. The molecule has 2 unspecified atom stereocenters. The molecule has 0 bridgehead atoms. The molecule has 1 N–H and O–H groups in total. The third kappa shape index (κ3) is 2.62. The second kappa shape index (κ2) is 4.39. The van der Waals surface area contributed by atoms with Crippen molar-refractivity contribution in [3.8, 4) is 0 Å². The molecule has 4 nitrogen and oxygen atoms in total. The van der Waals surface area contributed by atoms with Crippen molar-refractivity contribution in [2.45, 2.75) is 38.8 Å². The van der Waals surface area contributed by atoms with E-state index < -0.39 is 0 Å². The van der Waals surface area contributed by atoms with Crippen LogP contribution >= 0.6 is 0 Å². The molecule has 1 amide bonds. The van der Waals surface area contributed by atoms with Crippen LogP contribution in [0.25, 0.3) is 0 Å². The molecule has 0 aliphatic carbocycles. The van der Waals surface area contributed by atoms with Gasteiger partial charge in [0.05, 0.1) is 6.54 Å². The first-order valence-electron chi connectivity index (χ1n) is 5.83. The van der Waals surface area contributed by atoms with E-state index in [-0.39, 0.29) is 12.2 Å². The maximum absolute atomic E-state index is 10.9. The molecule has 0 aromatic rings. The Labute approximate surface area is 91.0 Å². The average Bonchev–Trinajstić information content (AvgIpc) is 2.76. The third-order valence-electron chi connectivity index (χ3n) is 3.39. The number of hydrogen-bond donors (Lipinski definition) is 1. The van der Waals surface area contributed by atoms with Gasteiger partial charge in [-0.2, -0.15) is 0 Å². The van der Waals surface area contributed by atoms with E-state index in [0.29, 0.717) is 18.5 Å². The van der Waals surface area contributed by atoms with Crippen molar-refractivity contribution in [3.05, 3.63) is 0 Å². The summed E-state index contributed by atoms with van der Waals surface area (Å²) in [6.45, 7) is 7.51. The molecule has 2 rings (SSSR count). The van der Waals surface area contributed by atoms with Crippen molar-refractivity contribution < 1.29 is 9.53 Å². The molecule has 0 radical (unpaired) electrons. The largest absolute Gasteiger partial charge is 0.444 e. The van der Waals surface area contributed by atoms with E-state index in [1.165, 1.54) is 13.0 Å². The lowest BCUT2D eigenvalue weighted by Crippen LogP contribution is -2.29. The number of ether oxygens (including phenoxy) is 1. The van der Waals surface area contributed by atoms with Gasteiger partial charge < -0.3 is 15.0 Å². The highest BCUT2D eigenvalue weighted by molar-refractivity contribution is 5.69. The van der Waals surface area contributed by atoms with Gasteiger partial charge in [-0.3, -0.25) is 0 Å². The molecule has 0 aromatic heterocycles. The number of amides is 1. The van der Waals surface area contributed by atoms with E-state index >= 15 is 0 Å². The second-order valence-electron chi connectivity index (χ2n) is 4.89. The summed E-state index contributed by atoms with van der Waals surface area (Å²) in [5, 5.41) is 2.70. The van der Waals surface area contributed by atoms with E-state index in [1.54, 1.807) is 0 Å². The zero-order valence-electron chi connectivity index (χ0n) is 9.53. The Hall–Kier alpha value is -0.770. The van der Waals surface area contributed by atoms with Crippen LogP contribution in [0, 0.1) is 5.92 Å². The van der Waals surface area contributed by atoms with Crippen molar-refractivity contribution in [3.63, 3.8) is 0 Å². The quantitative estimate of drug-likeness (QED) is 0.764. The highest BCUT2D eigenvalue weighted by atomic mass is 16.6. The standard InChI is InChI=1S/C11H20N2O2/c1-8(2)13-4-3-9(7-13)5-10-6-12-11(14)15-10/h8-10H,3-7H2,1-2H3,(H,12,14). The van der Waals surface area contributed by atoms with E-state index in [4.69, 9.17) is 4.74 Å². The summed E-state index contributed by atoms with van der Waals surface area (Å²) in [5.74, 6) is 0.699. The number of hydrogen-bond acceptors (Lipinski definition) is 3. The van der Waals surface area contributed by atoms with Crippen molar-refractivity contribution in [2.24, 2.45) is 5.92 Å². The predicted octanol–water partition coefficient (Wildman–Crippen LogP) is 1.22. The van der Waals surface area contributed by atoms with Gasteiger partial charge >= 0.3 is 6.09 Å². The SMILES string of the molecule is CC(C)N1CCC(CC2CNC(=O)O2)C1. The Kier molecular flexibility index (Phi) is 3.14. The molecule has 0 aromatic carbocycles. The van der Waals surface area contributed by atoms with Crippen LogP contribution in [0.15, 0.2) is 0 Å². The van der Waals surface area contributed by atoms with Gasteiger partial charge in [0.1, 0.15) is 6.10 Å². The van der Waals surface area contributed by atoms with Crippen LogP contribution in [0.3, 0.4) is 0 Å². The summed E-state index contributed by atoms with van der Waals surface area (Å²) >= 11 is 0. The zero-order valence-corrected chi connectivity index (χ0v) is 9.53. The van der Waals surface area contributed by atoms with Crippen LogP contribution in [0.5, 0.6) is 0 Å². The predicted molar refractivity (Wildman–Crippen MR) is 57.7 cm³/mol. The Bertz CT molecular complexity index is 243. The van der Waals surface area contributed by atoms with Crippen LogP contribution < -0.4 is 5.32 Å². The Balaban J connectivity index is 1.75. The van der Waals surface area contributed by atoms with Gasteiger partial charge in [0, 0.05) is 12.6 Å². The van der Waals surface area contributed by atoms with E-state index in [1.807, 2.05) is 0 Å². The summed E-state index contributed by atoms with van der Waals surface area (Å²) in [4.78, 5) is 13.4. The molecule has 15 heavy (non-hydrogen) atoms. The summed E-state index contributed by atoms with van der Waals surface area (Å²) < 4.78 is 5.15. The van der Waals surface area contributed by atoms with Crippen LogP contribution in [-0.4, -0.2) is 42.8 Å². The Morgan fingerprint density at radius 2 is 2.40 bits per heavy atom. The normalized spacial score (nSPS) is 32.1. The topological polar surface area (TPSA) is 41.6 Å². The number of alkyl carbamates (subject to hydrolysis) is 1. The fourth-order valence-corrected chi connectivity index (χ4v) is 2.46. The van der Waals surface area contributed by atoms with Crippen LogP contribution in [0.1, 0.15) is 26.7 Å². The van der Waals surface area contributed by atoms with Crippen LogP contribution in [0.2, 0.25) is 0 Å². The van der Waals surface area contributed by atoms with Gasteiger partial charge in [0.25, 0.3) is 0 Å². The van der Waals surface area contributed by atoms with Crippen LogP contribution in [0.4, 0.5) is 4.79 Å². The van der Waals surface area contributed by atoms with Crippen molar-refractivity contribution in [2.75, 3.05) is 19.6 Å². The molecule has 2 heterocycles. The van der Waals surface area contributed by atoms with Gasteiger partial charge in [-0.15, -0.1) is 0 Å². The summed E-state index contributed by atoms with van der Waals surface area (Å²) in [5.41, 5.74) is 0. The minimum atomic E-state index is -0.251. The van der Waals surface area contributed by atoms with Crippen molar-refractivity contribution >= 4 is 6.09 Å².